The van der Waals surface area contributed by atoms with Gasteiger partial charge in [-0.2, -0.15) is 0 Å². The first-order valence-corrected chi connectivity index (χ1v) is 8.00. The molecule has 2 fully saturated rings. The van der Waals surface area contributed by atoms with Crippen LogP contribution in [-0.2, 0) is 16.1 Å². The van der Waals surface area contributed by atoms with E-state index in [1.807, 2.05) is 24.3 Å². The van der Waals surface area contributed by atoms with Crippen LogP contribution in [0.15, 0.2) is 24.3 Å². The number of thioether (sulfide) groups is 1. The highest BCUT2D eigenvalue weighted by atomic mass is 32.2. The third-order valence-electron chi connectivity index (χ3n) is 4.04. The molecule has 5 nitrogen and oxygen atoms in total. The Labute approximate surface area is 128 Å². The summed E-state index contributed by atoms with van der Waals surface area (Å²) in [6.07, 6.45) is 1.09. The lowest BCUT2D eigenvalue weighted by atomic mass is 10.1. The van der Waals surface area contributed by atoms with Gasteiger partial charge in [-0.3, -0.25) is 9.59 Å². The van der Waals surface area contributed by atoms with Gasteiger partial charge in [-0.1, -0.05) is 12.1 Å². The molecule has 0 aromatic heterocycles. The second-order valence-corrected chi connectivity index (χ2v) is 6.58. The van der Waals surface area contributed by atoms with Gasteiger partial charge in [0.2, 0.25) is 5.91 Å². The molecule has 0 unspecified atom stereocenters. The average molecular weight is 306 g/mol. The maximum atomic E-state index is 12.5. The number of nitrogens with one attached hydrogen (secondary N) is 1. The molecule has 0 bridgehead atoms. The number of hydrogen-bond donors (Lipinski definition) is 1. The monoisotopic (exact) mass is 306 g/mol. The number of carbonyl (C=O) groups is 2. The van der Waals surface area contributed by atoms with E-state index in [1.165, 1.54) is 0 Å². The molecule has 0 radical (unpaired) electrons. The van der Waals surface area contributed by atoms with Crippen molar-refractivity contribution < 1.29 is 14.3 Å². The summed E-state index contributed by atoms with van der Waals surface area (Å²) in [6, 6.07) is 7.59. The summed E-state index contributed by atoms with van der Waals surface area (Å²) < 4.78 is 5.11. The van der Waals surface area contributed by atoms with Crippen LogP contribution in [0.25, 0.3) is 0 Å². The van der Waals surface area contributed by atoms with E-state index in [9.17, 15) is 9.59 Å². The second kappa shape index (κ2) is 5.60. The van der Waals surface area contributed by atoms with Crippen molar-refractivity contribution >= 4 is 23.6 Å². The summed E-state index contributed by atoms with van der Waals surface area (Å²) in [5.41, 5.74) is 1.01. The van der Waals surface area contributed by atoms with Crippen LogP contribution >= 0.6 is 11.8 Å². The number of fused-ring (bicyclic) bond motifs is 1. The molecule has 3 rings (SSSR count). The summed E-state index contributed by atoms with van der Waals surface area (Å²) in [5, 5.41) is 2.97. The molecule has 6 heteroatoms. The standard InChI is InChI=1S/C15H18N2O3S/c1-20-12-4-2-11(3-5-12)10-16-14(19)15-7-6-13(18)17(15)8-9-21-15/h2-5H,6-10H2,1H3,(H,16,19)/t15-/m0/s1. The molecular formula is C15H18N2O3S. The second-order valence-electron chi connectivity index (χ2n) is 5.21. The molecule has 0 spiro atoms. The lowest BCUT2D eigenvalue weighted by Crippen LogP contribution is -2.50. The highest BCUT2D eigenvalue weighted by Gasteiger charge is 2.54. The highest BCUT2D eigenvalue weighted by molar-refractivity contribution is 8.01. The van der Waals surface area contributed by atoms with Gasteiger partial charge in [-0.05, 0) is 24.1 Å². The van der Waals surface area contributed by atoms with Gasteiger partial charge in [0.1, 0.15) is 5.75 Å². The number of methoxy groups -OCH3 is 1. The molecule has 0 aliphatic carbocycles. The van der Waals surface area contributed by atoms with Crippen molar-refractivity contribution in [3.63, 3.8) is 0 Å². The smallest absolute Gasteiger partial charge is 0.256 e. The van der Waals surface area contributed by atoms with E-state index in [0.29, 0.717) is 25.9 Å². The molecule has 2 heterocycles. The minimum atomic E-state index is -0.663. The Morgan fingerprint density at radius 1 is 1.43 bits per heavy atom. The lowest BCUT2D eigenvalue weighted by molar-refractivity contribution is -0.135. The number of rotatable bonds is 4. The summed E-state index contributed by atoms with van der Waals surface area (Å²) >= 11 is 1.59. The van der Waals surface area contributed by atoms with Gasteiger partial charge in [-0.25, -0.2) is 0 Å². The average Bonchev–Trinajstić information content (AvgIpc) is 3.07. The van der Waals surface area contributed by atoms with Crippen LogP contribution in [0.5, 0.6) is 5.75 Å². The molecule has 1 aromatic carbocycles. The number of carbonyl (C=O) groups excluding carboxylic acids is 2. The minimum Gasteiger partial charge on any atom is -0.497 e. The van der Waals surface area contributed by atoms with E-state index in [-0.39, 0.29) is 11.8 Å². The van der Waals surface area contributed by atoms with Crippen molar-refractivity contribution in [3.8, 4) is 5.75 Å². The van der Waals surface area contributed by atoms with Gasteiger partial charge in [0.15, 0.2) is 4.87 Å². The van der Waals surface area contributed by atoms with Crippen LogP contribution in [-0.4, -0.2) is 41.0 Å². The Bertz CT molecular complexity index is 561. The Balaban J connectivity index is 1.65. The molecule has 1 aromatic rings. The quantitative estimate of drug-likeness (QED) is 0.913. The predicted octanol–water partition coefficient (Wildman–Crippen LogP) is 1.38. The first-order valence-electron chi connectivity index (χ1n) is 7.01. The van der Waals surface area contributed by atoms with Crippen molar-refractivity contribution in [3.05, 3.63) is 29.8 Å². The van der Waals surface area contributed by atoms with E-state index in [1.54, 1.807) is 23.8 Å². The molecule has 2 amide bonds. The van der Waals surface area contributed by atoms with Crippen molar-refractivity contribution in [2.45, 2.75) is 24.3 Å². The summed E-state index contributed by atoms with van der Waals surface area (Å²) in [6.45, 7) is 1.15. The molecule has 2 aliphatic rings. The van der Waals surface area contributed by atoms with E-state index >= 15 is 0 Å². The van der Waals surface area contributed by atoms with Crippen LogP contribution in [0.4, 0.5) is 0 Å². The van der Waals surface area contributed by atoms with Gasteiger partial charge in [0, 0.05) is 25.3 Å². The number of ether oxygens (including phenoxy) is 1. The maximum absolute atomic E-state index is 12.5. The highest BCUT2D eigenvalue weighted by Crippen LogP contribution is 2.44. The Hall–Kier alpha value is -1.69. The Morgan fingerprint density at radius 2 is 2.19 bits per heavy atom. The van der Waals surface area contributed by atoms with Gasteiger partial charge in [0.25, 0.3) is 5.91 Å². The molecule has 0 saturated carbocycles. The van der Waals surface area contributed by atoms with Crippen LogP contribution in [0.2, 0.25) is 0 Å². The SMILES string of the molecule is COc1ccc(CNC(=O)[C@@]23CCC(=O)N2CCS3)cc1. The molecule has 1 atom stereocenters. The van der Waals surface area contributed by atoms with Crippen molar-refractivity contribution in [2.75, 3.05) is 19.4 Å². The zero-order valence-corrected chi connectivity index (χ0v) is 12.7. The largest absolute Gasteiger partial charge is 0.497 e. The molecular weight excluding hydrogens is 288 g/mol. The van der Waals surface area contributed by atoms with Gasteiger partial charge in [0.05, 0.1) is 7.11 Å². The van der Waals surface area contributed by atoms with Gasteiger partial charge in [-0.15, -0.1) is 11.8 Å². The molecule has 2 aliphatic heterocycles. The topological polar surface area (TPSA) is 58.6 Å². The van der Waals surface area contributed by atoms with Crippen LogP contribution in [0.3, 0.4) is 0 Å². The summed E-state index contributed by atoms with van der Waals surface area (Å²) in [5.74, 6) is 1.68. The van der Waals surface area contributed by atoms with E-state index in [4.69, 9.17) is 4.74 Å². The predicted molar refractivity (Wildman–Crippen MR) is 81.0 cm³/mol. The number of hydrogen-bond acceptors (Lipinski definition) is 4. The Morgan fingerprint density at radius 3 is 2.90 bits per heavy atom. The van der Waals surface area contributed by atoms with Gasteiger partial charge < -0.3 is 15.0 Å². The third kappa shape index (κ3) is 2.48. The summed E-state index contributed by atoms with van der Waals surface area (Å²) in [4.78, 5) is 25.4. The van der Waals surface area contributed by atoms with E-state index in [2.05, 4.69) is 5.32 Å². The lowest BCUT2D eigenvalue weighted by Gasteiger charge is -2.29. The minimum absolute atomic E-state index is 0.0494. The molecule has 112 valence electrons. The van der Waals surface area contributed by atoms with E-state index < -0.39 is 4.87 Å². The molecule has 2 saturated heterocycles. The van der Waals surface area contributed by atoms with Crippen molar-refractivity contribution in [1.82, 2.24) is 10.2 Å². The fourth-order valence-electron chi connectivity index (χ4n) is 2.87. The fraction of sp³-hybridized carbons (Fsp3) is 0.467. The molecule has 21 heavy (non-hydrogen) atoms. The van der Waals surface area contributed by atoms with E-state index in [0.717, 1.165) is 17.1 Å². The first kappa shape index (κ1) is 14.3. The van der Waals surface area contributed by atoms with Crippen molar-refractivity contribution in [2.24, 2.45) is 0 Å². The zero-order valence-electron chi connectivity index (χ0n) is 11.9. The van der Waals surface area contributed by atoms with Crippen LogP contribution in [0, 0.1) is 0 Å². The Kier molecular flexibility index (Phi) is 3.80. The number of benzene rings is 1. The zero-order chi connectivity index (χ0) is 14.9. The first-order chi connectivity index (χ1) is 10.2. The normalized spacial score (nSPS) is 24.0. The van der Waals surface area contributed by atoms with Crippen LogP contribution < -0.4 is 10.1 Å². The number of amides is 2. The van der Waals surface area contributed by atoms with Crippen molar-refractivity contribution in [1.29, 1.82) is 0 Å². The van der Waals surface area contributed by atoms with Crippen LogP contribution in [0.1, 0.15) is 18.4 Å². The van der Waals surface area contributed by atoms with Gasteiger partial charge >= 0.3 is 0 Å². The summed E-state index contributed by atoms with van der Waals surface area (Å²) in [7, 11) is 1.62. The fourth-order valence-corrected chi connectivity index (χ4v) is 4.28. The molecule has 1 N–H and O–H groups in total. The number of nitrogens with zero attached hydrogens (tertiary/aromatic N) is 1. The third-order valence-corrected chi connectivity index (χ3v) is 5.51. The maximum Gasteiger partial charge on any atom is 0.256 e.